The lowest BCUT2D eigenvalue weighted by Crippen LogP contribution is -2.47. The molecule has 0 radical (unpaired) electrons. The van der Waals surface area contributed by atoms with Crippen molar-refractivity contribution in [3.8, 4) is 22.9 Å². The van der Waals surface area contributed by atoms with E-state index in [2.05, 4.69) is 6.07 Å². The Kier molecular flexibility index (Phi) is 9.90. The van der Waals surface area contributed by atoms with Gasteiger partial charge < -0.3 is 19.3 Å². The first-order chi connectivity index (χ1) is 21.9. The summed E-state index contributed by atoms with van der Waals surface area (Å²) in [4.78, 5) is 31.0. The molecule has 240 valence electrons. The highest BCUT2D eigenvalue weighted by Crippen LogP contribution is 2.40. The zero-order chi connectivity index (χ0) is 33.2. The van der Waals surface area contributed by atoms with E-state index in [4.69, 9.17) is 21.1 Å². The van der Waals surface area contributed by atoms with E-state index in [1.165, 1.54) is 17.4 Å². The van der Waals surface area contributed by atoms with Gasteiger partial charge in [-0.15, -0.1) is 11.3 Å². The third kappa shape index (κ3) is 7.14. The first-order valence-electron chi connectivity index (χ1n) is 15.2. The Morgan fingerprint density at radius 1 is 1.02 bits per heavy atom. The second-order valence-electron chi connectivity index (χ2n) is 12.6. The Bertz CT molecular complexity index is 1790. The maximum Gasteiger partial charge on any atom is 0.410 e. The van der Waals surface area contributed by atoms with Crippen LogP contribution in [-0.2, 0) is 11.3 Å². The molecule has 0 saturated heterocycles. The highest BCUT2D eigenvalue weighted by molar-refractivity contribution is 7.21. The van der Waals surface area contributed by atoms with Crippen molar-refractivity contribution < 1.29 is 23.5 Å². The number of amides is 2. The Morgan fingerprint density at radius 2 is 1.67 bits per heavy atom. The number of nitriles is 1. The van der Waals surface area contributed by atoms with Gasteiger partial charge in [0.2, 0.25) is 0 Å². The summed E-state index contributed by atoms with van der Waals surface area (Å²) in [5, 5.41) is 9.59. The molecule has 0 unspecified atom stereocenters. The van der Waals surface area contributed by atoms with Gasteiger partial charge >= 0.3 is 6.09 Å². The van der Waals surface area contributed by atoms with Crippen LogP contribution in [0.1, 0.15) is 67.3 Å². The van der Waals surface area contributed by atoms with Gasteiger partial charge in [0.1, 0.15) is 22.0 Å². The van der Waals surface area contributed by atoms with Crippen LogP contribution >= 0.6 is 22.9 Å². The molecule has 3 aromatic carbocycles. The molecule has 2 amide bonds. The summed E-state index contributed by atoms with van der Waals surface area (Å²) in [6, 6.07) is 19.8. The second kappa shape index (κ2) is 13.7. The number of hydrogen-bond acceptors (Lipinski definition) is 6. The fourth-order valence-corrected chi connectivity index (χ4v) is 7.46. The lowest BCUT2D eigenvalue weighted by Gasteiger charge is -2.40. The Hall–Kier alpha value is -4.13. The van der Waals surface area contributed by atoms with Gasteiger partial charge in [0.25, 0.3) is 5.91 Å². The first kappa shape index (κ1) is 33.2. The predicted octanol–water partition coefficient (Wildman–Crippen LogP) is 9.06. The number of methoxy groups -OCH3 is 1. The van der Waals surface area contributed by atoms with Crippen LogP contribution in [0.3, 0.4) is 0 Å². The van der Waals surface area contributed by atoms with Crippen LogP contribution in [0.25, 0.3) is 21.2 Å². The van der Waals surface area contributed by atoms with Gasteiger partial charge in [-0.3, -0.25) is 4.79 Å². The fourth-order valence-electron chi connectivity index (χ4n) is 5.95. The molecule has 0 atom stereocenters. The number of ether oxygens (including phenoxy) is 2. The fraction of sp³-hybridized carbons (Fsp3) is 0.361. The highest BCUT2D eigenvalue weighted by Gasteiger charge is 2.35. The first-order valence-corrected chi connectivity index (χ1v) is 16.4. The molecule has 4 aromatic rings. The van der Waals surface area contributed by atoms with Gasteiger partial charge in [0.15, 0.2) is 0 Å². The van der Waals surface area contributed by atoms with Crippen LogP contribution < -0.4 is 4.74 Å². The van der Waals surface area contributed by atoms with E-state index in [0.29, 0.717) is 41.7 Å². The molecule has 1 aromatic heterocycles. The van der Waals surface area contributed by atoms with Gasteiger partial charge in [0, 0.05) is 41.3 Å². The number of rotatable bonds is 7. The molecule has 0 bridgehead atoms. The van der Waals surface area contributed by atoms with Gasteiger partial charge in [0.05, 0.1) is 23.8 Å². The summed E-state index contributed by atoms with van der Waals surface area (Å²) in [6.07, 6.45) is 2.30. The summed E-state index contributed by atoms with van der Waals surface area (Å²) in [5.41, 5.74) is 2.61. The zero-order valence-corrected chi connectivity index (χ0v) is 28.2. The van der Waals surface area contributed by atoms with Crippen molar-refractivity contribution >= 4 is 45.0 Å². The maximum absolute atomic E-state index is 14.8. The molecule has 1 aliphatic carbocycles. The van der Waals surface area contributed by atoms with Crippen molar-refractivity contribution in [2.45, 2.75) is 70.7 Å². The minimum atomic E-state index is -0.597. The molecular formula is C36H37ClFN3O4S. The molecule has 46 heavy (non-hydrogen) atoms. The van der Waals surface area contributed by atoms with E-state index in [1.807, 2.05) is 56.0 Å². The lowest BCUT2D eigenvalue weighted by atomic mass is 9.89. The van der Waals surface area contributed by atoms with Crippen molar-refractivity contribution in [1.82, 2.24) is 9.80 Å². The summed E-state index contributed by atoms with van der Waals surface area (Å²) < 4.78 is 26.7. The van der Waals surface area contributed by atoms with Gasteiger partial charge in [-0.2, -0.15) is 5.26 Å². The number of carbonyl (C=O) groups is 2. The minimum Gasteiger partial charge on any atom is -0.496 e. The Balaban J connectivity index is 1.47. The van der Waals surface area contributed by atoms with E-state index >= 15 is 0 Å². The second-order valence-corrected chi connectivity index (χ2v) is 14.0. The summed E-state index contributed by atoms with van der Waals surface area (Å²) in [5.74, 6) is -0.116. The van der Waals surface area contributed by atoms with Crippen LogP contribution in [-0.4, -0.2) is 53.6 Å². The van der Waals surface area contributed by atoms with Gasteiger partial charge in [-0.1, -0.05) is 35.9 Å². The molecule has 1 saturated carbocycles. The normalized spacial score (nSPS) is 16.5. The van der Waals surface area contributed by atoms with Gasteiger partial charge in [-0.25, -0.2) is 9.18 Å². The molecule has 1 aliphatic rings. The lowest BCUT2D eigenvalue weighted by molar-refractivity contribution is 0.0144. The van der Waals surface area contributed by atoms with Crippen LogP contribution in [0.2, 0.25) is 5.02 Å². The van der Waals surface area contributed by atoms with Crippen molar-refractivity contribution in [2.24, 2.45) is 0 Å². The van der Waals surface area contributed by atoms with E-state index in [0.717, 1.165) is 16.7 Å². The molecule has 0 N–H and O–H groups in total. The number of hydrogen-bond donors (Lipinski definition) is 0. The summed E-state index contributed by atoms with van der Waals surface area (Å²) in [7, 11) is 3.35. The Morgan fingerprint density at radius 3 is 2.28 bits per heavy atom. The van der Waals surface area contributed by atoms with E-state index < -0.39 is 11.4 Å². The number of carbonyl (C=O) groups excluding carboxylic acids is 2. The molecule has 0 aliphatic heterocycles. The number of halogens is 2. The molecule has 1 fully saturated rings. The summed E-state index contributed by atoms with van der Waals surface area (Å²) >= 11 is 7.89. The van der Waals surface area contributed by atoms with Crippen molar-refractivity contribution in [2.75, 3.05) is 14.2 Å². The molecule has 10 heteroatoms. The quantitative estimate of drug-likeness (QED) is 0.197. The van der Waals surface area contributed by atoms with Crippen LogP contribution in [0.4, 0.5) is 9.18 Å². The maximum atomic E-state index is 14.8. The van der Waals surface area contributed by atoms with Crippen molar-refractivity contribution in [1.29, 1.82) is 5.26 Å². The number of fused-ring (bicyclic) bond motifs is 1. The monoisotopic (exact) mass is 661 g/mol. The third-order valence-corrected chi connectivity index (χ3v) is 10.00. The summed E-state index contributed by atoms with van der Waals surface area (Å²) in [6.45, 7) is 5.76. The van der Waals surface area contributed by atoms with Crippen molar-refractivity contribution in [3.63, 3.8) is 0 Å². The molecular weight excluding hydrogens is 625 g/mol. The third-order valence-electron chi connectivity index (χ3n) is 8.37. The average Bonchev–Trinajstić information content (AvgIpc) is 3.39. The molecule has 1 heterocycles. The Labute approximate surface area is 278 Å². The predicted molar refractivity (Wildman–Crippen MR) is 180 cm³/mol. The number of benzene rings is 3. The highest BCUT2D eigenvalue weighted by atomic mass is 35.5. The molecule has 7 nitrogen and oxygen atoms in total. The largest absolute Gasteiger partial charge is 0.496 e. The minimum absolute atomic E-state index is 0.0284. The van der Waals surface area contributed by atoms with Crippen LogP contribution in [0.5, 0.6) is 5.75 Å². The molecule has 5 rings (SSSR count). The standard InChI is InChI=1S/C36H37ClFN3O4S/c1-36(2,3)45-35(43)40(4)26-14-16-27(17-15-26)41(34(42)33-32(37)31-28(38)7-6-8-30(31)46-33)21-25-19-24(13-18-29(25)44-5)23-11-9-22(20-39)10-12-23/h6-13,18-19,26-27H,14-17,21H2,1-5H3. The van der Waals surface area contributed by atoms with E-state index in [1.54, 1.807) is 43.3 Å². The van der Waals surface area contributed by atoms with Gasteiger partial charge in [-0.05, 0) is 94.0 Å². The van der Waals surface area contributed by atoms with Crippen LogP contribution in [0, 0.1) is 17.1 Å². The smallest absolute Gasteiger partial charge is 0.410 e. The topological polar surface area (TPSA) is 82.9 Å². The number of nitrogens with zero attached hydrogens (tertiary/aromatic N) is 3. The van der Waals surface area contributed by atoms with Crippen molar-refractivity contribution in [3.05, 3.63) is 87.5 Å². The van der Waals surface area contributed by atoms with E-state index in [9.17, 15) is 19.2 Å². The number of thiophene rings is 1. The zero-order valence-electron chi connectivity index (χ0n) is 26.6. The van der Waals surface area contributed by atoms with Crippen LogP contribution in [0.15, 0.2) is 60.7 Å². The SMILES string of the molecule is COc1ccc(-c2ccc(C#N)cc2)cc1CN(C(=O)c1sc2cccc(F)c2c1Cl)C1CCC(N(C)C(=O)OC(C)(C)C)CC1. The average molecular weight is 662 g/mol. The van der Waals surface area contributed by atoms with E-state index in [-0.39, 0.29) is 45.9 Å². The molecule has 0 spiro atoms.